The van der Waals surface area contributed by atoms with Crippen molar-refractivity contribution in [2.24, 2.45) is 5.92 Å². The summed E-state index contributed by atoms with van der Waals surface area (Å²) in [5.41, 5.74) is 1.63. The Hall–Kier alpha value is -3.61. The maximum absolute atomic E-state index is 12.5. The van der Waals surface area contributed by atoms with Gasteiger partial charge in [0.25, 0.3) is 0 Å². The molecule has 0 atom stereocenters. The normalized spacial score (nSPS) is 14.2. The summed E-state index contributed by atoms with van der Waals surface area (Å²) in [6.07, 6.45) is 3.82. The molecule has 166 valence electrons. The molecule has 0 aliphatic carbocycles. The number of piperidine rings is 1. The number of amides is 3. The Bertz CT molecular complexity index is 1040. The minimum absolute atomic E-state index is 0.0555. The zero-order valence-electron chi connectivity index (χ0n) is 18.0. The van der Waals surface area contributed by atoms with Crippen LogP contribution in [-0.4, -0.2) is 48.1 Å². The van der Waals surface area contributed by atoms with Gasteiger partial charge in [-0.05, 0) is 43.5 Å². The van der Waals surface area contributed by atoms with Crippen LogP contribution in [0.25, 0.3) is 10.9 Å². The molecule has 32 heavy (non-hydrogen) atoms. The first-order valence-corrected chi connectivity index (χ1v) is 11.1. The molecule has 1 aromatic heterocycles. The Morgan fingerprint density at radius 2 is 1.78 bits per heavy atom. The Morgan fingerprint density at radius 3 is 2.59 bits per heavy atom. The summed E-state index contributed by atoms with van der Waals surface area (Å²) in [5.74, 6) is 0.759. The highest BCUT2D eigenvalue weighted by Crippen LogP contribution is 2.23. The molecule has 1 aliphatic rings. The highest BCUT2D eigenvalue weighted by Gasteiger charge is 2.27. The van der Waals surface area contributed by atoms with Gasteiger partial charge in [0.2, 0.25) is 5.91 Å². The zero-order valence-corrected chi connectivity index (χ0v) is 18.0. The molecular formula is C25H28N4O3. The quantitative estimate of drug-likeness (QED) is 0.552. The van der Waals surface area contributed by atoms with Crippen LogP contribution in [0.2, 0.25) is 0 Å². The van der Waals surface area contributed by atoms with Crippen molar-refractivity contribution in [2.45, 2.75) is 19.3 Å². The molecule has 7 heteroatoms. The van der Waals surface area contributed by atoms with E-state index >= 15 is 0 Å². The largest absolute Gasteiger partial charge is 0.491 e. The van der Waals surface area contributed by atoms with Crippen molar-refractivity contribution in [1.29, 1.82) is 0 Å². The van der Waals surface area contributed by atoms with Crippen molar-refractivity contribution in [3.8, 4) is 5.75 Å². The SMILES string of the molecule is O=C(NCCCOc1cccc2cccnc12)C1CCN(C(=O)Nc2ccccc2)CC1. The molecule has 7 nitrogen and oxygen atoms in total. The summed E-state index contributed by atoms with van der Waals surface area (Å²) in [5, 5.41) is 6.95. The predicted molar refractivity (Wildman–Crippen MR) is 125 cm³/mol. The molecule has 2 N–H and O–H groups in total. The van der Waals surface area contributed by atoms with Gasteiger partial charge in [-0.1, -0.05) is 36.4 Å². The van der Waals surface area contributed by atoms with Crippen LogP contribution in [0.5, 0.6) is 5.75 Å². The fourth-order valence-electron chi connectivity index (χ4n) is 3.87. The standard InChI is InChI=1S/C25H28N4O3/c30-24(20-12-16-29(17-13-20)25(31)28-21-9-2-1-3-10-21)27-15-6-18-32-22-11-4-7-19-8-5-14-26-23(19)22/h1-5,7-11,14,20H,6,12-13,15-18H2,(H,27,30)(H,28,31). The van der Waals surface area contributed by atoms with Crippen molar-refractivity contribution in [3.63, 3.8) is 0 Å². The molecule has 0 radical (unpaired) electrons. The highest BCUT2D eigenvalue weighted by molar-refractivity contribution is 5.89. The lowest BCUT2D eigenvalue weighted by Gasteiger charge is -2.31. The molecule has 0 saturated carbocycles. The van der Waals surface area contributed by atoms with Crippen LogP contribution in [0.4, 0.5) is 10.5 Å². The summed E-state index contributed by atoms with van der Waals surface area (Å²) in [6.45, 7) is 2.22. The first-order chi connectivity index (χ1) is 15.7. The van der Waals surface area contributed by atoms with E-state index in [1.807, 2.05) is 60.7 Å². The highest BCUT2D eigenvalue weighted by atomic mass is 16.5. The van der Waals surface area contributed by atoms with E-state index in [1.54, 1.807) is 11.1 Å². The number of nitrogens with zero attached hydrogens (tertiary/aromatic N) is 2. The first kappa shape index (κ1) is 21.6. The number of anilines is 1. The van der Waals surface area contributed by atoms with Gasteiger partial charge in [0.1, 0.15) is 11.3 Å². The summed E-state index contributed by atoms with van der Waals surface area (Å²) < 4.78 is 5.87. The number of aromatic nitrogens is 1. The van der Waals surface area contributed by atoms with Crippen LogP contribution in [0.3, 0.4) is 0 Å². The summed E-state index contributed by atoms with van der Waals surface area (Å²) in [6, 6.07) is 19.1. The van der Waals surface area contributed by atoms with Crippen molar-refractivity contribution in [3.05, 3.63) is 66.9 Å². The van der Waals surface area contributed by atoms with Crippen LogP contribution in [0, 0.1) is 5.92 Å². The van der Waals surface area contributed by atoms with Gasteiger partial charge < -0.3 is 20.3 Å². The van der Waals surface area contributed by atoms with E-state index in [-0.39, 0.29) is 17.9 Å². The van der Waals surface area contributed by atoms with E-state index in [1.165, 1.54) is 0 Å². The minimum Gasteiger partial charge on any atom is -0.491 e. The van der Waals surface area contributed by atoms with Gasteiger partial charge in [0.15, 0.2) is 0 Å². The number of ether oxygens (including phenoxy) is 1. The van der Waals surface area contributed by atoms with Crippen molar-refractivity contribution >= 4 is 28.5 Å². The van der Waals surface area contributed by atoms with E-state index in [0.29, 0.717) is 45.5 Å². The number of likely N-dealkylation sites (tertiary alicyclic amines) is 1. The molecule has 3 amide bonds. The van der Waals surface area contributed by atoms with Crippen molar-refractivity contribution < 1.29 is 14.3 Å². The second-order valence-corrected chi connectivity index (χ2v) is 7.88. The molecule has 0 spiro atoms. The third-order valence-electron chi connectivity index (χ3n) is 5.65. The third-order valence-corrected chi connectivity index (χ3v) is 5.65. The van der Waals surface area contributed by atoms with Gasteiger partial charge >= 0.3 is 6.03 Å². The smallest absolute Gasteiger partial charge is 0.321 e. The molecule has 0 unspecified atom stereocenters. The van der Waals surface area contributed by atoms with Crippen LogP contribution < -0.4 is 15.4 Å². The molecule has 3 aromatic rings. The molecule has 1 saturated heterocycles. The fraction of sp³-hybridized carbons (Fsp3) is 0.320. The topological polar surface area (TPSA) is 83.6 Å². The van der Waals surface area contributed by atoms with Gasteiger partial charge in [-0.3, -0.25) is 9.78 Å². The Kier molecular flexibility index (Phi) is 7.17. The predicted octanol–water partition coefficient (Wildman–Crippen LogP) is 4.06. The van der Waals surface area contributed by atoms with E-state index in [2.05, 4.69) is 15.6 Å². The second kappa shape index (κ2) is 10.6. The summed E-state index contributed by atoms with van der Waals surface area (Å²) in [7, 11) is 0. The number of hydrogen-bond donors (Lipinski definition) is 2. The Balaban J connectivity index is 1.14. The van der Waals surface area contributed by atoms with Crippen LogP contribution in [-0.2, 0) is 4.79 Å². The van der Waals surface area contributed by atoms with E-state index < -0.39 is 0 Å². The van der Waals surface area contributed by atoms with Gasteiger partial charge in [-0.2, -0.15) is 0 Å². The average Bonchev–Trinajstić information content (AvgIpc) is 2.84. The molecule has 4 rings (SSSR count). The van der Waals surface area contributed by atoms with E-state index in [0.717, 1.165) is 22.3 Å². The number of hydrogen-bond acceptors (Lipinski definition) is 4. The fourth-order valence-corrected chi connectivity index (χ4v) is 3.87. The van der Waals surface area contributed by atoms with Crippen LogP contribution >= 0.6 is 0 Å². The summed E-state index contributed by atoms with van der Waals surface area (Å²) in [4.78, 5) is 31.0. The number of rotatable bonds is 7. The molecule has 1 aliphatic heterocycles. The number of urea groups is 1. The number of carbonyl (C=O) groups excluding carboxylic acids is 2. The minimum atomic E-state index is -0.116. The maximum atomic E-state index is 12.5. The lowest BCUT2D eigenvalue weighted by Crippen LogP contribution is -2.44. The molecular weight excluding hydrogens is 404 g/mol. The third kappa shape index (κ3) is 5.55. The molecule has 2 aromatic carbocycles. The van der Waals surface area contributed by atoms with Gasteiger partial charge in [0, 0.05) is 42.8 Å². The first-order valence-electron chi connectivity index (χ1n) is 11.1. The second-order valence-electron chi connectivity index (χ2n) is 7.88. The number of para-hydroxylation sites is 2. The lowest BCUT2D eigenvalue weighted by atomic mass is 9.96. The molecule has 0 bridgehead atoms. The van der Waals surface area contributed by atoms with Crippen molar-refractivity contribution in [2.75, 3.05) is 31.6 Å². The lowest BCUT2D eigenvalue weighted by molar-refractivity contribution is -0.126. The monoisotopic (exact) mass is 432 g/mol. The molecule has 1 fully saturated rings. The Labute approximate surface area is 187 Å². The van der Waals surface area contributed by atoms with Crippen LogP contribution in [0.15, 0.2) is 66.9 Å². The maximum Gasteiger partial charge on any atom is 0.321 e. The van der Waals surface area contributed by atoms with E-state index in [4.69, 9.17) is 4.74 Å². The molecule has 2 heterocycles. The van der Waals surface area contributed by atoms with Crippen molar-refractivity contribution in [1.82, 2.24) is 15.2 Å². The number of nitrogens with one attached hydrogen (secondary N) is 2. The Morgan fingerprint density at radius 1 is 1.00 bits per heavy atom. The number of pyridine rings is 1. The number of fused-ring (bicyclic) bond motifs is 1. The number of benzene rings is 2. The number of carbonyl (C=O) groups is 2. The van der Waals surface area contributed by atoms with Crippen LogP contribution in [0.1, 0.15) is 19.3 Å². The zero-order chi connectivity index (χ0) is 22.2. The van der Waals surface area contributed by atoms with E-state index in [9.17, 15) is 9.59 Å². The van der Waals surface area contributed by atoms with Gasteiger partial charge in [-0.25, -0.2) is 4.79 Å². The average molecular weight is 433 g/mol. The van der Waals surface area contributed by atoms with Gasteiger partial charge in [0.05, 0.1) is 6.61 Å². The van der Waals surface area contributed by atoms with Gasteiger partial charge in [-0.15, -0.1) is 0 Å². The summed E-state index contributed by atoms with van der Waals surface area (Å²) >= 11 is 0.